The van der Waals surface area contributed by atoms with Gasteiger partial charge in [-0.25, -0.2) is 9.78 Å². The van der Waals surface area contributed by atoms with Crippen LogP contribution in [-0.4, -0.2) is 63.4 Å². The van der Waals surface area contributed by atoms with Gasteiger partial charge in [-0.05, 0) is 108 Å². The van der Waals surface area contributed by atoms with E-state index in [9.17, 15) is 4.79 Å². The minimum Gasteiger partial charge on any atom is -0.444 e. The third kappa shape index (κ3) is 5.11. The van der Waals surface area contributed by atoms with E-state index in [0.29, 0.717) is 24.5 Å². The number of aromatic amines is 1. The lowest BCUT2D eigenvalue weighted by atomic mass is 9.70. The summed E-state index contributed by atoms with van der Waals surface area (Å²) < 4.78 is 18.8. The standard InChI is InChI=1S/C36H47BN4O4/c1-21-18-29(41(20-21)33(42)43-34(2,3)4)32-38-19-26(39-32)23-12-10-22(11-13-23)24-14-15-25(37-44-35(5,6)36(7,8)45-37)31-28-17-16-27(30(24)31)40(28)9/h10-15,19,21,27-29H,16-18,20H2,1-9H3,(H,38,39)/t21-,27?,28?,29+/m1/s1. The summed E-state index contributed by atoms with van der Waals surface area (Å²) in [5.74, 6) is 1.18. The predicted octanol–water partition coefficient (Wildman–Crippen LogP) is 7.18. The van der Waals surface area contributed by atoms with E-state index in [1.165, 1.54) is 34.1 Å². The van der Waals surface area contributed by atoms with Crippen LogP contribution in [0, 0.1) is 5.92 Å². The molecular formula is C36H47BN4O4. The number of ether oxygens (including phenoxy) is 1. The SMILES string of the molecule is C[C@@H]1C[C@@H](c2nc(-c3ccc(-c4ccc(B5OC(C)(C)C(C)(C)O5)c5c4C4CCC5N4C)cc3)c[nH]2)N(C(=O)OC(C)(C)C)C1. The van der Waals surface area contributed by atoms with Crippen molar-refractivity contribution in [3.63, 3.8) is 0 Å². The Bertz CT molecular complexity index is 1610. The summed E-state index contributed by atoms with van der Waals surface area (Å²) in [5, 5.41) is 0. The van der Waals surface area contributed by atoms with E-state index in [1.807, 2.05) is 31.9 Å². The van der Waals surface area contributed by atoms with Gasteiger partial charge in [0.2, 0.25) is 0 Å². The molecule has 4 aliphatic rings. The molecule has 2 unspecified atom stereocenters. The zero-order valence-corrected chi connectivity index (χ0v) is 28.2. The van der Waals surface area contributed by atoms with E-state index < -0.39 is 5.60 Å². The van der Waals surface area contributed by atoms with Gasteiger partial charge in [0.15, 0.2) is 0 Å². The first-order valence-corrected chi connectivity index (χ1v) is 16.5. The van der Waals surface area contributed by atoms with Crippen LogP contribution < -0.4 is 5.46 Å². The fraction of sp³-hybridized carbons (Fsp3) is 0.556. The molecule has 3 fully saturated rings. The number of aromatic nitrogens is 2. The molecule has 7 rings (SSSR count). The highest BCUT2D eigenvalue weighted by Gasteiger charge is 2.54. The highest BCUT2D eigenvalue weighted by atomic mass is 16.7. The molecule has 1 amide bonds. The van der Waals surface area contributed by atoms with Crippen LogP contribution in [0.2, 0.25) is 0 Å². The molecule has 238 valence electrons. The summed E-state index contributed by atoms with van der Waals surface area (Å²) >= 11 is 0. The van der Waals surface area contributed by atoms with Gasteiger partial charge in [-0.3, -0.25) is 9.80 Å². The van der Waals surface area contributed by atoms with Crippen LogP contribution >= 0.6 is 0 Å². The Morgan fingerprint density at radius 2 is 1.58 bits per heavy atom. The zero-order valence-electron chi connectivity index (χ0n) is 28.2. The third-order valence-corrected chi connectivity index (χ3v) is 10.7. The molecule has 0 spiro atoms. The van der Waals surface area contributed by atoms with Crippen LogP contribution in [0.4, 0.5) is 4.79 Å². The van der Waals surface area contributed by atoms with Gasteiger partial charge in [0.05, 0.1) is 22.9 Å². The normalized spacial score (nSPS) is 27.0. The molecule has 0 saturated carbocycles. The second-order valence-corrected chi connectivity index (χ2v) is 15.6. The summed E-state index contributed by atoms with van der Waals surface area (Å²) in [6.07, 6.45) is 4.86. The van der Waals surface area contributed by atoms with Crippen LogP contribution in [0.1, 0.15) is 110 Å². The fourth-order valence-corrected chi connectivity index (χ4v) is 7.75. The Morgan fingerprint density at radius 1 is 0.956 bits per heavy atom. The number of hydrogen-bond acceptors (Lipinski definition) is 6. The van der Waals surface area contributed by atoms with Crippen molar-refractivity contribution < 1.29 is 18.8 Å². The van der Waals surface area contributed by atoms with Gasteiger partial charge >= 0.3 is 13.2 Å². The summed E-state index contributed by atoms with van der Waals surface area (Å²) in [6, 6.07) is 13.9. The van der Waals surface area contributed by atoms with Crippen molar-refractivity contribution >= 4 is 18.7 Å². The third-order valence-electron chi connectivity index (χ3n) is 10.7. The molecule has 4 aliphatic heterocycles. The summed E-state index contributed by atoms with van der Waals surface area (Å²) in [7, 11) is 1.89. The number of carbonyl (C=O) groups excluding carboxylic acids is 1. The topological polar surface area (TPSA) is 79.9 Å². The number of nitrogens with one attached hydrogen (secondary N) is 1. The summed E-state index contributed by atoms with van der Waals surface area (Å²) in [5.41, 5.74) is 7.11. The number of amides is 1. The Kier molecular flexibility index (Phi) is 7.08. The van der Waals surface area contributed by atoms with E-state index in [-0.39, 0.29) is 30.5 Å². The van der Waals surface area contributed by atoms with Gasteiger partial charge in [0.1, 0.15) is 11.4 Å². The highest BCUT2D eigenvalue weighted by molar-refractivity contribution is 6.62. The van der Waals surface area contributed by atoms with E-state index in [1.54, 1.807) is 0 Å². The molecule has 5 heterocycles. The summed E-state index contributed by atoms with van der Waals surface area (Å²) in [4.78, 5) is 25.7. The first-order chi connectivity index (χ1) is 21.1. The van der Waals surface area contributed by atoms with Gasteiger partial charge in [0.25, 0.3) is 0 Å². The van der Waals surface area contributed by atoms with E-state index in [0.717, 1.165) is 29.9 Å². The molecule has 45 heavy (non-hydrogen) atoms. The number of fused-ring (bicyclic) bond motifs is 5. The maximum absolute atomic E-state index is 13.0. The van der Waals surface area contributed by atoms with Gasteiger partial charge in [0, 0.05) is 30.4 Å². The fourth-order valence-electron chi connectivity index (χ4n) is 7.75. The average molecular weight is 611 g/mol. The Labute approximate surface area is 268 Å². The second kappa shape index (κ2) is 10.4. The molecule has 3 saturated heterocycles. The molecule has 1 N–H and O–H groups in total. The second-order valence-electron chi connectivity index (χ2n) is 15.6. The van der Waals surface area contributed by atoms with E-state index in [4.69, 9.17) is 19.0 Å². The predicted molar refractivity (Wildman–Crippen MR) is 177 cm³/mol. The number of hydrogen-bond donors (Lipinski definition) is 1. The molecule has 2 aromatic carbocycles. The maximum atomic E-state index is 13.0. The van der Waals surface area contributed by atoms with Gasteiger partial charge in [-0.15, -0.1) is 0 Å². The molecule has 8 nitrogen and oxygen atoms in total. The van der Waals surface area contributed by atoms with Gasteiger partial charge in [-0.2, -0.15) is 0 Å². The molecule has 3 aromatic rings. The number of imidazole rings is 1. The maximum Gasteiger partial charge on any atom is 0.495 e. The van der Waals surface area contributed by atoms with Crippen molar-refractivity contribution in [2.75, 3.05) is 13.6 Å². The van der Waals surface area contributed by atoms with Crippen molar-refractivity contribution in [2.45, 2.75) is 110 Å². The number of rotatable bonds is 4. The first kappa shape index (κ1) is 30.5. The van der Waals surface area contributed by atoms with Crippen LogP contribution in [-0.2, 0) is 14.0 Å². The Morgan fingerprint density at radius 3 is 2.22 bits per heavy atom. The van der Waals surface area contributed by atoms with Crippen LogP contribution in [0.15, 0.2) is 42.6 Å². The zero-order chi connectivity index (χ0) is 32.1. The Balaban J connectivity index is 1.16. The summed E-state index contributed by atoms with van der Waals surface area (Å²) in [6.45, 7) is 17.0. The lowest BCUT2D eigenvalue weighted by molar-refractivity contribution is 0.00578. The number of nitrogens with zero attached hydrogens (tertiary/aromatic N) is 3. The van der Waals surface area contributed by atoms with E-state index >= 15 is 0 Å². The molecule has 2 bridgehead atoms. The first-order valence-electron chi connectivity index (χ1n) is 16.5. The van der Waals surface area contributed by atoms with Crippen LogP contribution in [0.25, 0.3) is 22.4 Å². The lowest BCUT2D eigenvalue weighted by Gasteiger charge is -2.32. The van der Waals surface area contributed by atoms with Crippen molar-refractivity contribution in [1.29, 1.82) is 0 Å². The quantitative estimate of drug-likeness (QED) is 0.315. The molecule has 4 atom stereocenters. The van der Waals surface area contributed by atoms with Crippen LogP contribution in [0.3, 0.4) is 0 Å². The van der Waals surface area contributed by atoms with E-state index in [2.05, 4.69) is 87.9 Å². The molecular weight excluding hydrogens is 563 g/mol. The number of H-pyrrole nitrogens is 1. The minimum absolute atomic E-state index is 0.125. The largest absolute Gasteiger partial charge is 0.495 e. The molecule has 0 radical (unpaired) electrons. The Hall–Kier alpha value is -3.14. The van der Waals surface area contributed by atoms with Crippen molar-refractivity contribution in [1.82, 2.24) is 19.8 Å². The highest BCUT2D eigenvalue weighted by Crippen LogP contribution is 2.54. The number of likely N-dealkylation sites (tertiary alicyclic amines) is 1. The molecule has 0 aliphatic carbocycles. The monoisotopic (exact) mass is 610 g/mol. The number of carbonyl (C=O) groups is 1. The average Bonchev–Trinajstić information content (AvgIpc) is 3.76. The minimum atomic E-state index is -0.537. The van der Waals surface area contributed by atoms with Crippen molar-refractivity contribution in [3.05, 3.63) is 59.5 Å². The number of benzene rings is 2. The van der Waals surface area contributed by atoms with Gasteiger partial charge < -0.3 is 19.0 Å². The molecule has 9 heteroatoms. The lowest BCUT2D eigenvalue weighted by Crippen LogP contribution is -2.41. The van der Waals surface area contributed by atoms with Crippen LogP contribution in [0.5, 0.6) is 0 Å². The smallest absolute Gasteiger partial charge is 0.444 e. The van der Waals surface area contributed by atoms with Crippen molar-refractivity contribution in [3.8, 4) is 22.4 Å². The van der Waals surface area contributed by atoms with Gasteiger partial charge in [-0.1, -0.05) is 43.3 Å². The molecule has 1 aromatic heterocycles. The van der Waals surface area contributed by atoms with Crippen molar-refractivity contribution in [2.24, 2.45) is 5.92 Å².